The molecule has 0 saturated heterocycles. The maximum absolute atomic E-state index is 11.7. The second-order valence-corrected chi connectivity index (χ2v) is 4.08. The van der Waals surface area contributed by atoms with Gasteiger partial charge in [-0.1, -0.05) is 0 Å². The highest BCUT2D eigenvalue weighted by Gasteiger charge is 2.25. The van der Waals surface area contributed by atoms with Crippen molar-refractivity contribution in [2.45, 2.75) is 26.3 Å². The number of aromatic nitrogens is 3. The molecule has 0 spiro atoms. The zero-order valence-electron chi connectivity index (χ0n) is 8.83. The maximum Gasteiger partial charge on any atom is 0.291 e. The van der Waals surface area contributed by atoms with Gasteiger partial charge in [-0.3, -0.25) is 9.89 Å². The summed E-state index contributed by atoms with van der Waals surface area (Å²) < 4.78 is 0. The number of carbonyl (C=O) groups excluding carboxylic acids is 1. The molecule has 1 aromatic heterocycles. The average Bonchev–Trinajstić information content (AvgIpc) is 2.47. The molecule has 1 rings (SSSR count). The lowest BCUT2D eigenvalue weighted by molar-refractivity contribution is 0.0643. The monoisotopic (exact) mass is 197 g/mol. The van der Waals surface area contributed by atoms with Crippen LogP contribution in [-0.4, -0.2) is 38.6 Å². The van der Waals surface area contributed by atoms with Crippen molar-refractivity contribution in [3.63, 3.8) is 0 Å². The zero-order valence-corrected chi connectivity index (χ0v) is 8.83. The topological polar surface area (TPSA) is 87.9 Å². The van der Waals surface area contributed by atoms with Crippen molar-refractivity contribution in [1.29, 1.82) is 0 Å². The van der Waals surface area contributed by atoms with Crippen LogP contribution >= 0.6 is 0 Å². The quantitative estimate of drug-likeness (QED) is 0.675. The molecule has 1 amide bonds. The Kier molecular flexibility index (Phi) is 2.46. The van der Waals surface area contributed by atoms with E-state index in [0.29, 0.717) is 0 Å². The normalized spacial score (nSPS) is 11.4. The number of aromatic amines is 1. The summed E-state index contributed by atoms with van der Waals surface area (Å²) in [6.07, 6.45) is 0. The molecule has 0 saturated carbocycles. The van der Waals surface area contributed by atoms with Crippen LogP contribution in [0.25, 0.3) is 0 Å². The van der Waals surface area contributed by atoms with Gasteiger partial charge in [0.15, 0.2) is 0 Å². The molecule has 0 aliphatic carbocycles. The van der Waals surface area contributed by atoms with Crippen LogP contribution in [0.15, 0.2) is 0 Å². The smallest absolute Gasteiger partial charge is 0.291 e. The highest BCUT2D eigenvalue weighted by atomic mass is 16.2. The summed E-state index contributed by atoms with van der Waals surface area (Å²) >= 11 is 0. The predicted molar refractivity (Wildman–Crippen MR) is 52.6 cm³/mol. The summed E-state index contributed by atoms with van der Waals surface area (Å²) in [5, 5.41) is 6.08. The van der Waals surface area contributed by atoms with E-state index in [-0.39, 0.29) is 23.2 Å². The molecule has 3 N–H and O–H groups in total. The van der Waals surface area contributed by atoms with Crippen LogP contribution in [0, 0.1) is 0 Å². The molecule has 0 radical (unpaired) electrons. The number of nitrogen functional groups attached to an aromatic ring is 1. The first-order valence-corrected chi connectivity index (χ1v) is 4.28. The lowest BCUT2D eigenvalue weighted by Gasteiger charge is -2.30. The van der Waals surface area contributed by atoms with Crippen molar-refractivity contribution in [2.24, 2.45) is 0 Å². The summed E-state index contributed by atoms with van der Waals surface area (Å²) in [6.45, 7) is 5.81. The van der Waals surface area contributed by atoms with Crippen molar-refractivity contribution in [1.82, 2.24) is 20.1 Å². The van der Waals surface area contributed by atoms with Crippen LogP contribution in [0.4, 0.5) is 5.95 Å². The highest BCUT2D eigenvalue weighted by Crippen LogP contribution is 2.12. The van der Waals surface area contributed by atoms with E-state index in [9.17, 15) is 4.79 Å². The van der Waals surface area contributed by atoms with Crippen LogP contribution in [0.5, 0.6) is 0 Å². The number of H-pyrrole nitrogens is 1. The number of nitrogens with zero attached hydrogens (tertiary/aromatic N) is 3. The molecule has 0 bridgehead atoms. The van der Waals surface area contributed by atoms with Gasteiger partial charge in [-0.05, 0) is 20.8 Å². The number of rotatable bonds is 1. The molecule has 1 heterocycles. The second kappa shape index (κ2) is 3.28. The number of anilines is 1. The number of nitrogens with two attached hydrogens (primary N) is 1. The zero-order chi connectivity index (χ0) is 10.9. The van der Waals surface area contributed by atoms with Crippen LogP contribution in [0.1, 0.15) is 31.4 Å². The largest absolute Gasteiger partial charge is 0.366 e. The summed E-state index contributed by atoms with van der Waals surface area (Å²) in [6, 6.07) is 0. The fourth-order valence-electron chi connectivity index (χ4n) is 0.834. The molecule has 0 aliphatic rings. The Morgan fingerprint density at radius 3 is 2.43 bits per heavy atom. The SMILES string of the molecule is CN(C(=O)c1nc(N)n[nH]1)C(C)(C)C. The van der Waals surface area contributed by atoms with E-state index in [0.717, 1.165) is 0 Å². The van der Waals surface area contributed by atoms with Gasteiger partial charge in [-0.25, -0.2) is 0 Å². The standard InChI is InChI=1S/C8H15N5O/c1-8(2,3)13(4)6(14)5-10-7(9)12-11-5/h1-4H3,(H3,9,10,11,12). The molecule has 6 heteroatoms. The van der Waals surface area contributed by atoms with Gasteiger partial charge < -0.3 is 10.6 Å². The minimum atomic E-state index is -0.251. The fourth-order valence-corrected chi connectivity index (χ4v) is 0.834. The minimum absolute atomic E-state index is 0.0793. The van der Waals surface area contributed by atoms with E-state index in [1.807, 2.05) is 20.8 Å². The average molecular weight is 197 g/mol. The van der Waals surface area contributed by atoms with Gasteiger partial charge in [0.2, 0.25) is 11.8 Å². The third-order valence-corrected chi connectivity index (χ3v) is 2.02. The van der Waals surface area contributed by atoms with Crippen molar-refractivity contribution in [3.05, 3.63) is 5.82 Å². The Morgan fingerprint density at radius 1 is 1.50 bits per heavy atom. The summed E-state index contributed by atoms with van der Waals surface area (Å²) in [5.41, 5.74) is 5.05. The van der Waals surface area contributed by atoms with Crippen LogP contribution in [0.3, 0.4) is 0 Å². The molecule has 1 aromatic rings. The van der Waals surface area contributed by atoms with Gasteiger partial charge in [-0.15, -0.1) is 5.10 Å². The summed E-state index contributed by atoms with van der Waals surface area (Å²) in [7, 11) is 1.71. The number of hydrogen-bond donors (Lipinski definition) is 2. The molecule has 0 unspecified atom stereocenters. The molecule has 6 nitrogen and oxygen atoms in total. The molecule has 0 fully saturated rings. The maximum atomic E-state index is 11.7. The summed E-state index contributed by atoms with van der Waals surface area (Å²) in [5.74, 6) is 0.0253. The lowest BCUT2D eigenvalue weighted by Crippen LogP contribution is -2.42. The van der Waals surface area contributed by atoms with Crippen LogP contribution < -0.4 is 5.73 Å². The van der Waals surface area contributed by atoms with Gasteiger partial charge in [0.05, 0.1) is 0 Å². The number of carbonyl (C=O) groups is 1. The Bertz CT molecular complexity index is 338. The predicted octanol–water partition coefficient (Wildman–Crippen LogP) is 0.257. The van der Waals surface area contributed by atoms with Gasteiger partial charge in [0.25, 0.3) is 5.91 Å². The van der Waals surface area contributed by atoms with E-state index in [4.69, 9.17) is 5.73 Å². The lowest BCUT2D eigenvalue weighted by atomic mass is 10.1. The van der Waals surface area contributed by atoms with Crippen molar-refractivity contribution < 1.29 is 4.79 Å². The highest BCUT2D eigenvalue weighted by molar-refractivity contribution is 5.90. The molecule has 78 valence electrons. The molecular formula is C8H15N5O. The van der Waals surface area contributed by atoms with Crippen molar-refractivity contribution >= 4 is 11.9 Å². The fraction of sp³-hybridized carbons (Fsp3) is 0.625. The molecule has 0 aliphatic heterocycles. The Labute approximate surface area is 82.5 Å². The van der Waals surface area contributed by atoms with Gasteiger partial charge in [0, 0.05) is 12.6 Å². The Hall–Kier alpha value is -1.59. The number of hydrogen-bond acceptors (Lipinski definition) is 4. The first kappa shape index (κ1) is 10.5. The van der Waals surface area contributed by atoms with E-state index in [1.165, 1.54) is 0 Å². The van der Waals surface area contributed by atoms with Gasteiger partial charge in [0.1, 0.15) is 0 Å². The molecular weight excluding hydrogens is 182 g/mol. The van der Waals surface area contributed by atoms with E-state index < -0.39 is 0 Å². The van der Waals surface area contributed by atoms with E-state index in [2.05, 4.69) is 15.2 Å². The van der Waals surface area contributed by atoms with Gasteiger partial charge in [-0.2, -0.15) is 4.98 Å². The van der Waals surface area contributed by atoms with Crippen molar-refractivity contribution in [2.75, 3.05) is 12.8 Å². The van der Waals surface area contributed by atoms with Gasteiger partial charge >= 0.3 is 0 Å². The number of amides is 1. The molecule has 14 heavy (non-hydrogen) atoms. The minimum Gasteiger partial charge on any atom is -0.366 e. The Morgan fingerprint density at radius 2 is 2.07 bits per heavy atom. The molecule has 0 atom stereocenters. The first-order chi connectivity index (χ1) is 6.32. The molecule has 0 aromatic carbocycles. The Balaban J connectivity index is 2.86. The van der Waals surface area contributed by atoms with E-state index >= 15 is 0 Å². The first-order valence-electron chi connectivity index (χ1n) is 4.28. The van der Waals surface area contributed by atoms with Crippen molar-refractivity contribution in [3.8, 4) is 0 Å². The van der Waals surface area contributed by atoms with E-state index in [1.54, 1.807) is 11.9 Å². The van der Waals surface area contributed by atoms with Crippen LogP contribution in [0.2, 0.25) is 0 Å². The number of nitrogens with one attached hydrogen (secondary N) is 1. The third kappa shape index (κ3) is 2.01. The second-order valence-electron chi connectivity index (χ2n) is 4.08. The third-order valence-electron chi connectivity index (χ3n) is 2.02. The van der Waals surface area contributed by atoms with Crippen LogP contribution in [-0.2, 0) is 0 Å². The summed E-state index contributed by atoms with van der Waals surface area (Å²) in [4.78, 5) is 17.1.